The Morgan fingerprint density at radius 1 is 1.15 bits per heavy atom. The summed E-state index contributed by atoms with van der Waals surface area (Å²) >= 11 is 3.43. The van der Waals surface area contributed by atoms with Crippen LogP contribution in [0.5, 0.6) is 0 Å². The van der Waals surface area contributed by atoms with Gasteiger partial charge in [-0.2, -0.15) is 0 Å². The summed E-state index contributed by atoms with van der Waals surface area (Å²) in [6.07, 6.45) is 0.818. The van der Waals surface area contributed by atoms with Crippen LogP contribution in [0.25, 0.3) is 0 Å². The van der Waals surface area contributed by atoms with Crippen molar-refractivity contribution in [3.8, 4) is 0 Å². The van der Waals surface area contributed by atoms with Gasteiger partial charge in [0, 0.05) is 44.0 Å². The van der Waals surface area contributed by atoms with Gasteiger partial charge in [0.2, 0.25) is 0 Å². The molecule has 1 rings (SSSR count). The van der Waals surface area contributed by atoms with E-state index in [4.69, 9.17) is 9.47 Å². The highest BCUT2D eigenvalue weighted by Crippen LogP contribution is 2.17. The summed E-state index contributed by atoms with van der Waals surface area (Å²) in [5.41, 5.74) is 1.76. The molecule has 5 heteroatoms. The number of methoxy groups -OCH3 is 2. The predicted molar refractivity (Wildman–Crippen MR) is 83.2 cm³/mol. The minimum Gasteiger partial charge on any atom is -0.385 e. The summed E-state index contributed by atoms with van der Waals surface area (Å²) in [5, 5.41) is 0. The van der Waals surface area contributed by atoms with Gasteiger partial charge in [-0.15, -0.1) is 0 Å². The molecule has 1 aromatic rings. The molecule has 112 valence electrons. The molecule has 4 nitrogen and oxygen atoms in total. The summed E-state index contributed by atoms with van der Waals surface area (Å²) in [6.45, 7) is 4.41. The van der Waals surface area contributed by atoms with Crippen LogP contribution in [-0.2, 0) is 9.47 Å². The van der Waals surface area contributed by atoms with Crippen molar-refractivity contribution in [2.75, 3.05) is 40.5 Å². The Morgan fingerprint density at radius 2 is 1.85 bits per heavy atom. The predicted octanol–water partition coefficient (Wildman–Crippen LogP) is 2.88. The number of carbonyl (C=O) groups excluding carboxylic acids is 1. The van der Waals surface area contributed by atoms with Crippen LogP contribution in [0, 0.1) is 6.92 Å². The van der Waals surface area contributed by atoms with Gasteiger partial charge >= 0.3 is 0 Å². The smallest absolute Gasteiger partial charge is 0.253 e. The van der Waals surface area contributed by atoms with Gasteiger partial charge in [-0.05, 0) is 37.1 Å². The van der Waals surface area contributed by atoms with Crippen LogP contribution < -0.4 is 0 Å². The zero-order valence-corrected chi connectivity index (χ0v) is 13.9. The number of hydrogen-bond acceptors (Lipinski definition) is 3. The first-order chi connectivity index (χ1) is 9.58. The van der Waals surface area contributed by atoms with Gasteiger partial charge in [0.25, 0.3) is 5.91 Å². The highest BCUT2D eigenvalue weighted by Gasteiger charge is 2.16. The van der Waals surface area contributed by atoms with E-state index in [0.29, 0.717) is 31.9 Å². The van der Waals surface area contributed by atoms with Gasteiger partial charge < -0.3 is 14.4 Å². The van der Waals surface area contributed by atoms with Crippen molar-refractivity contribution in [1.82, 2.24) is 4.90 Å². The van der Waals surface area contributed by atoms with Crippen LogP contribution in [0.4, 0.5) is 0 Å². The molecular formula is C15H22BrNO3. The molecule has 1 amide bonds. The third kappa shape index (κ3) is 5.61. The lowest BCUT2D eigenvalue weighted by Gasteiger charge is -2.22. The molecule has 0 N–H and O–H groups in total. The van der Waals surface area contributed by atoms with Crippen LogP contribution in [-0.4, -0.2) is 51.3 Å². The number of carbonyl (C=O) groups is 1. The van der Waals surface area contributed by atoms with Crippen LogP contribution in [0.3, 0.4) is 0 Å². The maximum atomic E-state index is 12.6. The zero-order chi connectivity index (χ0) is 15.0. The Hall–Kier alpha value is -0.910. The monoisotopic (exact) mass is 343 g/mol. The van der Waals surface area contributed by atoms with Gasteiger partial charge in [0.1, 0.15) is 0 Å². The van der Waals surface area contributed by atoms with Crippen molar-refractivity contribution in [2.45, 2.75) is 13.3 Å². The van der Waals surface area contributed by atoms with Crippen molar-refractivity contribution >= 4 is 21.8 Å². The van der Waals surface area contributed by atoms with E-state index in [1.54, 1.807) is 14.2 Å². The number of hydrogen-bond donors (Lipinski definition) is 0. The highest BCUT2D eigenvalue weighted by molar-refractivity contribution is 9.10. The van der Waals surface area contributed by atoms with E-state index in [-0.39, 0.29) is 5.91 Å². The number of amides is 1. The molecule has 0 aromatic heterocycles. The highest BCUT2D eigenvalue weighted by atomic mass is 79.9. The third-order valence-electron chi connectivity index (χ3n) is 2.92. The van der Waals surface area contributed by atoms with E-state index in [0.717, 1.165) is 16.5 Å². The SMILES string of the molecule is COCCCN(CCOC)C(=O)c1cc(C)cc(Br)c1. The average molecular weight is 344 g/mol. The first-order valence-corrected chi connectivity index (χ1v) is 7.42. The van der Waals surface area contributed by atoms with Crippen molar-refractivity contribution < 1.29 is 14.3 Å². The third-order valence-corrected chi connectivity index (χ3v) is 3.38. The molecule has 0 unspecified atom stereocenters. The zero-order valence-electron chi connectivity index (χ0n) is 12.3. The van der Waals surface area contributed by atoms with E-state index >= 15 is 0 Å². The first kappa shape index (κ1) is 17.1. The van der Waals surface area contributed by atoms with Crippen LogP contribution in [0.15, 0.2) is 22.7 Å². The van der Waals surface area contributed by atoms with Crippen molar-refractivity contribution in [3.63, 3.8) is 0 Å². The quantitative estimate of drug-likeness (QED) is 0.681. The van der Waals surface area contributed by atoms with Crippen molar-refractivity contribution in [2.24, 2.45) is 0 Å². The molecule has 0 atom stereocenters. The molecule has 0 aliphatic rings. The summed E-state index contributed by atoms with van der Waals surface area (Å²) in [5.74, 6) is 0.0301. The second kappa shape index (κ2) is 9.10. The normalized spacial score (nSPS) is 10.6. The van der Waals surface area contributed by atoms with Gasteiger partial charge in [0.05, 0.1) is 6.61 Å². The van der Waals surface area contributed by atoms with E-state index in [9.17, 15) is 4.79 Å². The Bertz CT molecular complexity index is 417. The molecule has 0 spiro atoms. The molecule has 0 aliphatic heterocycles. The number of halogens is 1. The number of aryl methyl sites for hydroxylation is 1. The number of ether oxygens (including phenoxy) is 2. The fourth-order valence-corrected chi connectivity index (χ4v) is 2.57. The van der Waals surface area contributed by atoms with Gasteiger partial charge in [-0.1, -0.05) is 15.9 Å². The maximum Gasteiger partial charge on any atom is 0.253 e. The van der Waals surface area contributed by atoms with Gasteiger partial charge in [-0.25, -0.2) is 0 Å². The average Bonchev–Trinajstić information content (AvgIpc) is 2.41. The summed E-state index contributed by atoms with van der Waals surface area (Å²) in [6, 6.07) is 5.75. The molecular weight excluding hydrogens is 322 g/mol. The topological polar surface area (TPSA) is 38.8 Å². The summed E-state index contributed by atoms with van der Waals surface area (Å²) in [4.78, 5) is 14.4. The molecule has 1 aromatic carbocycles. The standard InChI is InChI=1S/C15H22BrNO3/c1-12-9-13(11-14(16)10-12)15(18)17(6-8-20-3)5-4-7-19-2/h9-11H,4-8H2,1-3H3. The molecule has 0 bridgehead atoms. The van der Waals surface area contributed by atoms with Crippen LogP contribution in [0.1, 0.15) is 22.3 Å². The lowest BCUT2D eigenvalue weighted by atomic mass is 10.1. The fraction of sp³-hybridized carbons (Fsp3) is 0.533. The number of benzene rings is 1. The van der Waals surface area contributed by atoms with Gasteiger partial charge in [-0.3, -0.25) is 4.79 Å². The second-order valence-corrected chi connectivity index (χ2v) is 5.56. The maximum absolute atomic E-state index is 12.6. The second-order valence-electron chi connectivity index (χ2n) is 4.65. The lowest BCUT2D eigenvalue weighted by molar-refractivity contribution is 0.0674. The largest absolute Gasteiger partial charge is 0.385 e. The Balaban J connectivity index is 2.79. The van der Waals surface area contributed by atoms with Crippen molar-refractivity contribution in [3.05, 3.63) is 33.8 Å². The minimum atomic E-state index is 0.0301. The Kier molecular flexibility index (Phi) is 7.80. The molecule has 20 heavy (non-hydrogen) atoms. The van der Waals surface area contributed by atoms with E-state index in [1.165, 1.54) is 0 Å². The lowest BCUT2D eigenvalue weighted by Crippen LogP contribution is -2.35. The molecule has 0 aliphatic carbocycles. The number of rotatable bonds is 8. The number of nitrogens with zero attached hydrogens (tertiary/aromatic N) is 1. The fourth-order valence-electron chi connectivity index (χ4n) is 1.96. The van der Waals surface area contributed by atoms with Crippen LogP contribution in [0.2, 0.25) is 0 Å². The minimum absolute atomic E-state index is 0.0301. The Morgan fingerprint density at radius 3 is 2.45 bits per heavy atom. The summed E-state index contributed by atoms with van der Waals surface area (Å²) in [7, 11) is 3.31. The summed E-state index contributed by atoms with van der Waals surface area (Å²) < 4.78 is 11.0. The van der Waals surface area contributed by atoms with E-state index in [1.807, 2.05) is 30.0 Å². The molecule has 0 radical (unpaired) electrons. The molecule has 0 heterocycles. The van der Waals surface area contributed by atoms with E-state index in [2.05, 4.69) is 15.9 Å². The van der Waals surface area contributed by atoms with Crippen LogP contribution >= 0.6 is 15.9 Å². The van der Waals surface area contributed by atoms with E-state index < -0.39 is 0 Å². The van der Waals surface area contributed by atoms with Crippen molar-refractivity contribution in [1.29, 1.82) is 0 Å². The molecule has 0 fully saturated rings. The van der Waals surface area contributed by atoms with Gasteiger partial charge in [0.15, 0.2) is 0 Å². The first-order valence-electron chi connectivity index (χ1n) is 6.63. The molecule has 0 saturated heterocycles. The molecule has 0 saturated carbocycles. The Labute approximate surface area is 129 Å².